The van der Waals surface area contributed by atoms with Crippen molar-refractivity contribution in [3.8, 4) is 11.4 Å². The van der Waals surface area contributed by atoms with Crippen LogP contribution in [0.25, 0.3) is 11.4 Å². The summed E-state index contributed by atoms with van der Waals surface area (Å²) < 4.78 is 0. The Balaban J connectivity index is 1.51. The van der Waals surface area contributed by atoms with Gasteiger partial charge in [0.2, 0.25) is 0 Å². The second-order valence-electron chi connectivity index (χ2n) is 7.32. The summed E-state index contributed by atoms with van der Waals surface area (Å²) in [4.78, 5) is 31.6. The third-order valence-corrected chi connectivity index (χ3v) is 5.19. The monoisotopic (exact) mass is 375 g/mol. The lowest BCUT2D eigenvalue weighted by Crippen LogP contribution is -2.36. The Morgan fingerprint density at radius 3 is 2.75 bits per heavy atom. The molecule has 0 bridgehead atoms. The van der Waals surface area contributed by atoms with E-state index in [1.54, 1.807) is 0 Å². The average Bonchev–Trinajstić information content (AvgIpc) is 2.71. The van der Waals surface area contributed by atoms with Gasteiger partial charge in [0.05, 0.1) is 11.3 Å². The molecule has 0 radical (unpaired) electrons. The Morgan fingerprint density at radius 2 is 2.00 bits per heavy atom. The average molecular weight is 375 g/mol. The van der Waals surface area contributed by atoms with Crippen molar-refractivity contribution in [1.29, 1.82) is 0 Å². The molecule has 1 aliphatic rings. The number of hydrogen-bond donors (Lipinski definition) is 1. The van der Waals surface area contributed by atoms with Crippen LogP contribution in [0.2, 0.25) is 0 Å². The highest BCUT2D eigenvalue weighted by Gasteiger charge is 2.22. The van der Waals surface area contributed by atoms with Crippen molar-refractivity contribution in [3.05, 3.63) is 75.2 Å². The van der Waals surface area contributed by atoms with Crippen LogP contribution in [0, 0.1) is 6.92 Å². The zero-order valence-electron chi connectivity index (χ0n) is 16.4. The van der Waals surface area contributed by atoms with Crippen molar-refractivity contribution < 1.29 is 0 Å². The van der Waals surface area contributed by atoms with Gasteiger partial charge in [0.25, 0.3) is 5.56 Å². The minimum atomic E-state index is 0.00514. The molecule has 0 aliphatic carbocycles. The van der Waals surface area contributed by atoms with Crippen molar-refractivity contribution in [3.63, 3.8) is 0 Å². The first-order valence-electron chi connectivity index (χ1n) is 9.85. The minimum Gasteiger partial charge on any atom is -0.310 e. The van der Waals surface area contributed by atoms with Crippen molar-refractivity contribution in [2.75, 3.05) is 6.54 Å². The standard InChI is InChI=1S/C22H25N5O/c1-3-7-20-25-19-10-11-27(14-18(19)22(28)26-20)13-17-12-23-21(24-15(17)2)16-8-5-4-6-9-16/h4-6,8-9,12H,3,7,10-11,13-14H2,1-2H3,(H,25,26,28). The number of aromatic nitrogens is 4. The van der Waals surface area contributed by atoms with Gasteiger partial charge in [0.1, 0.15) is 5.82 Å². The lowest BCUT2D eigenvalue weighted by molar-refractivity contribution is 0.240. The van der Waals surface area contributed by atoms with Gasteiger partial charge in [-0.3, -0.25) is 9.69 Å². The fourth-order valence-corrected chi connectivity index (χ4v) is 3.64. The summed E-state index contributed by atoms with van der Waals surface area (Å²) in [6, 6.07) is 10.0. The topological polar surface area (TPSA) is 74.8 Å². The number of aromatic amines is 1. The third kappa shape index (κ3) is 3.87. The number of nitrogens with one attached hydrogen (secondary N) is 1. The zero-order chi connectivity index (χ0) is 19.5. The number of H-pyrrole nitrogens is 1. The number of rotatable bonds is 5. The van der Waals surface area contributed by atoms with Crippen molar-refractivity contribution in [2.24, 2.45) is 0 Å². The van der Waals surface area contributed by atoms with Crippen LogP contribution in [-0.4, -0.2) is 31.4 Å². The first-order chi connectivity index (χ1) is 13.6. The summed E-state index contributed by atoms with van der Waals surface area (Å²) in [5.41, 5.74) is 4.84. The zero-order valence-corrected chi connectivity index (χ0v) is 16.4. The molecule has 1 aromatic carbocycles. The number of fused-ring (bicyclic) bond motifs is 1. The highest BCUT2D eigenvalue weighted by molar-refractivity contribution is 5.54. The van der Waals surface area contributed by atoms with Crippen molar-refractivity contribution >= 4 is 0 Å². The van der Waals surface area contributed by atoms with Gasteiger partial charge in [-0.2, -0.15) is 0 Å². The van der Waals surface area contributed by atoms with Gasteiger partial charge in [-0.15, -0.1) is 0 Å². The number of benzene rings is 1. The normalized spacial score (nSPS) is 14.1. The van der Waals surface area contributed by atoms with Crippen LogP contribution in [0.4, 0.5) is 0 Å². The fourth-order valence-electron chi connectivity index (χ4n) is 3.64. The third-order valence-electron chi connectivity index (χ3n) is 5.19. The molecule has 4 rings (SSSR count). The summed E-state index contributed by atoms with van der Waals surface area (Å²) in [6.45, 7) is 6.34. The molecule has 0 unspecified atom stereocenters. The molecule has 0 saturated heterocycles. The predicted molar refractivity (Wildman–Crippen MR) is 109 cm³/mol. The lowest BCUT2D eigenvalue weighted by atomic mass is 10.1. The van der Waals surface area contributed by atoms with Crippen LogP contribution in [0.5, 0.6) is 0 Å². The molecule has 0 amide bonds. The summed E-state index contributed by atoms with van der Waals surface area (Å²) in [5, 5.41) is 0. The smallest absolute Gasteiger partial charge is 0.255 e. The minimum absolute atomic E-state index is 0.00514. The molecule has 0 fully saturated rings. The van der Waals surface area contributed by atoms with Gasteiger partial charge in [-0.25, -0.2) is 15.0 Å². The molecule has 1 N–H and O–H groups in total. The molecule has 0 atom stereocenters. The molecule has 1 aliphatic heterocycles. The summed E-state index contributed by atoms with van der Waals surface area (Å²) in [6.07, 6.45) is 4.51. The van der Waals surface area contributed by atoms with E-state index in [2.05, 4.69) is 31.8 Å². The van der Waals surface area contributed by atoms with E-state index in [1.807, 2.05) is 43.5 Å². The van der Waals surface area contributed by atoms with Gasteiger partial charge in [0, 0.05) is 55.5 Å². The predicted octanol–water partition coefficient (Wildman–Crippen LogP) is 3.05. The fraction of sp³-hybridized carbons (Fsp3) is 0.364. The molecule has 0 saturated carbocycles. The lowest BCUT2D eigenvalue weighted by Gasteiger charge is -2.28. The van der Waals surface area contributed by atoms with E-state index in [1.165, 1.54) is 0 Å². The largest absolute Gasteiger partial charge is 0.310 e. The molecule has 0 spiro atoms. The second-order valence-corrected chi connectivity index (χ2v) is 7.32. The van der Waals surface area contributed by atoms with E-state index < -0.39 is 0 Å². The van der Waals surface area contributed by atoms with E-state index in [0.717, 1.165) is 72.1 Å². The summed E-state index contributed by atoms with van der Waals surface area (Å²) in [7, 11) is 0. The number of aryl methyl sites for hydroxylation is 2. The summed E-state index contributed by atoms with van der Waals surface area (Å²) in [5.74, 6) is 1.55. The van der Waals surface area contributed by atoms with E-state index in [0.29, 0.717) is 6.54 Å². The quantitative estimate of drug-likeness (QED) is 0.742. The second kappa shape index (κ2) is 8.02. The van der Waals surface area contributed by atoms with Crippen LogP contribution in [0.1, 0.15) is 41.7 Å². The molecule has 3 aromatic rings. The van der Waals surface area contributed by atoms with Crippen LogP contribution in [-0.2, 0) is 25.9 Å². The molecule has 28 heavy (non-hydrogen) atoms. The maximum absolute atomic E-state index is 12.5. The maximum atomic E-state index is 12.5. The van der Waals surface area contributed by atoms with Crippen LogP contribution < -0.4 is 5.56 Å². The van der Waals surface area contributed by atoms with Crippen LogP contribution in [0.15, 0.2) is 41.3 Å². The van der Waals surface area contributed by atoms with Crippen LogP contribution >= 0.6 is 0 Å². The highest BCUT2D eigenvalue weighted by atomic mass is 16.1. The Morgan fingerprint density at radius 1 is 1.18 bits per heavy atom. The van der Waals surface area contributed by atoms with Crippen molar-refractivity contribution in [1.82, 2.24) is 24.8 Å². The van der Waals surface area contributed by atoms with Gasteiger partial charge < -0.3 is 4.98 Å². The molecule has 3 heterocycles. The Kier molecular flexibility index (Phi) is 5.30. The molecule has 6 heteroatoms. The van der Waals surface area contributed by atoms with E-state index in [9.17, 15) is 4.79 Å². The first kappa shape index (κ1) is 18.5. The first-order valence-corrected chi connectivity index (χ1v) is 9.85. The Labute approximate surface area is 164 Å². The van der Waals surface area contributed by atoms with Crippen LogP contribution in [0.3, 0.4) is 0 Å². The number of nitrogens with zero attached hydrogens (tertiary/aromatic N) is 4. The van der Waals surface area contributed by atoms with Gasteiger partial charge in [-0.1, -0.05) is 37.3 Å². The Hall–Kier alpha value is -2.86. The molecule has 144 valence electrons. The van der Waals surface area contributed by atoms with E-state index in [4.69, 9.17) is 0 Å². The summed E-state index contributed by atoms with van der Waals surface area (Å²) >= 11 is 0. The molecular formula is C22H25N5O. The molecule has 6 nitrogen and oxygen atoms in total. The number of hydrogen-bond acceptors (Lipinski definition) is 5. The SMILES string of the molecule is CCCc1nc2c(c(=O)[nH]1)CN(Cc1cnc(-c3ccccc3)nc1C)CC2. The van der Waals surface area contributed by atoms with Gasteiger partial charge >= 0.3 is 0 Å². The van der Waals surface area contributed by atoms with E-state index in [-0.39, 0.29) is 5.56 Å². The van der Waals surface area contributed by atoms with Gasteiger partial charge in [-0.05, 0) is 13.3 Å². The maximum Gasteiger partial charge on any atom is 0.255 e. The van der Waals surface area contributed by atoms with Gasteiger partial charge in [0.15, 0.2) is 5.82 Å². The highest BCUT2D eigenvalue weighted by Crippen LogP contribution is 2.20. The van der Waals surface area contributed by atoms with Crippen molar-refractivity contribution in [2.45, 2.75) is 46.2 Å². The molecular weight excluding hydrogens is 350 g/mol. The Bertz CT molecular complexity index is 1030. The molecule has 2 aromatic heterocycles. The van der Waals surface area contributed by atoms with E-state index >= 15 is 0 Å².